The molecule has 1 atom stereocenters. The highest BCUT2D eigenvalue weighted by atomic mass is 35.5. The molecule has 1 aromatic carbocycles. The number of benzene rings is 1. The smallest absolute Gasteiger partial charge is 0.336 e. The monoisotopic (exact) mass is 530 g/mol. The summed E-state index contributed by atoms with van der Waals surface area (Å²) in [5.74, 6) is -2.04. The van der Waals surface area contributed by atoms with Crippen molar-refractivity contribution >= 4 is 42.4 Å². The van der Waals surface area contributed by atoms with Crippen LogP contribution in [0.4, 0.5) is 5.69 Å². The number of nitro benzene ring substituents is 1. The van der Waals surface area contributed by atoms with E-state index in [0.29, 0.717) is 23.5 Å². The van der Waals surface area contributed by atoms with Gasteiger partial charge in [0.25, 0.3) is 5.69 Å². The van der Waals surface area contributed by atoms with Crippen molar-refractivity contribution in [2.45, 2.75) is 19.8 Å². The summed E-state index contributed by atoms with van der Waals surface area (Å²) < 4.78 is 10.6. The topological polar surface area (TPSA) is 114 Å². The van der Waals surface area contributed by atoms with Crippen molar-refractivity contribution in [2.75, 3.05) is 53.5 Å². The fourth-order valence-electron chi connectivity index (χ4n) is 4.21. The van der Waals surface area contributed by atoms with Gasteiger partial charge < -0.3 is 19.7 Å². The number of non-ortho nitro benzene ring substituents is 1. The number of nitro groups is 1. The summed E-state index contributed by atoms with van der Waals surface area (Å²) in [6.45, 7) is 7.97. The van der Waals surface area contributed by atoms with Crippen LogP contribution in [0, 0.1) is 10.1 Å². The van der Waals surface area contributed by atoms with E-state index in [4.69, 9.17) is 9.47 Å². The second-order valence-electron chi connectivity index (χ2n) is 8.26. The lowest BCUT2D eigenvalue weighted by Gasteiger charge is -2.32. The number of esters is 2. The zero-order chi connectivity index (χ0) is 24.1. The molecule has 1 saturated heterocycles. The Morgan fingerprint density at radius 2 is 1.69 bits per heavy atom. The molecule has 1 unspecified atom stereocenters. The zero-order valence-corrected chi connectivity index (χ0v) is 21.9. The number of likely N-dealkylation sites (N-methyl/N-ethyl adjacent to an activating group) is 1. The first-order valence-corrected chi connectivity index (χ1v) is 10.8. The molecule has 0 radical (unpaired) electrons. The molecule has 1 fully saturated rings. The number of carbonyl (C=O) groups is 2. The van der Waals surface area contributed by atoms with Crippen molar-refractivity contribution in [2.24, 2.45) is 0 Å². The molecule has 0 amide bonds. The van der Waals surface area contributed by atoms with E-state index in [9.17, 15) is 19.7 Å². The van der Waals surface area contributed by atoms with E-state index in [1.54, 1.807) is 19.9 Å². The highest BCUT2D eigenvalue weighted by molar-refractivity contribution is 5.99. The van der Waals surface area contributed by atoms with Gasteiger partial charge in [-0.3, -0.25) is 15.0 Å². The molecule has 2 aliphatic heterocycles. The number of halogens is 2. The van der Waals surface area contributed by atoms with Crippen LogP contribution in [-0.2, 0) is 19.1 Å². The largest absolute Gasteiger partial charge is 0.466 e. The first kappa shape index (κ1) is 30.4. The van der Waals surface area contributed by atoms with Gasteiger partial charge in [0.15, 0.2) is 0 Å². The predicted molar refractivity (Wildman–Crippen MR) is 136 cm³/mol. The third kappa shape index (κ3) is 7.17. The second kappa shape index (κ2) is 13.4. The van der Waals surface area contributed by atoms with Crippen LogP contribution in [0.5, 0.6) is 0 Å². The highest BCUT2D eigenvalue weighted by Crippen LogP contribution is 2.40. The van der Waals surface area contributed by atoms with Crippen LogP contribution in [-0.4, -0.2) is 80.1 Å². The lowest BCUT2D eigenvalue weighted by Crippen LogP contribution is -2.45. The van der Waals surface area contributed by atoms with Crippen LogP contribution in [0.2, 0.25) is 0 Å². The Morgan fingerprint density at radius 3 is 2.26 bits per heavy atom. The van der Waals surface area contributed by atoms with Crippen molar-refractivity contribution in [3.8, 4) is 0 Å². The Labute approximate surface area is 217 Å². The molecule has 1 aromatic rings. The van der Waals surface area contributed by atoms with Crippen LogP contribution < -0.4 is 5.32 Å². The van der Waals surface area contributed by atoms with E-state index in [-0.39, 0.29) is 48.3 Å². The molecule has 194 valence electrons. The van der Waals surface area contributed by atoms with Gasteiger partial charge in [0.1, 0.15) is 6.61 Å². The Balaban J connectivity index is 0.00000306. The molecular weight excluding hydrogens is 499 g/mol. The van der Waals surface area contributed by atoms with Gasteiger partial charge in [-0.25, -0.2) is 9.59 Å². The molecule has 2 heterocycles. The summed E-state index contributed by atoms with van der Waals surface area (Å²) in [6, 6.07) is 5.93. The number of ether oxygens (including phenoxy) is 2. The third-order valence-electron chi connectivity index (χ3n) is 6.04. The minimum atomic E-state index is -0.852. The predicted octanol–water partition coefficient (Wildman–Crippen LogP) is 2.64. The van der Waals surface area contributed by atoms with E-state index in [2.05, 4.69) is 22.2 Å². The van der Waals surface area contributed by atoms with E-state index >= 15 is 0 Å². The van der Waals surface area contributed by atoms with Crippen LogP contribution in [0.3, 0.4) is 0 Å². The summed E-state index contributed by atoms with van der Waals surface area (Å²) in [7, 11) is 3.33. The maximum absolute atomic E-state index is 13.2. The zero-order valence-electron chi connectivity index (χ0n) is 20.2. The SMILES string of the molecule is COC(=O)C1=C(C)NC(C)=C(C(=O)OCCN2CCN(C)CC2)C1c1cccc([N+](=O)[O-])c1.Cl.Cl. The molecule has 0 saturated carbocycles. The first-order chi connectivity index (χ1) is 15.7. The number of nitrogens with one attached hydrogen (secondary N) is 1. The van der Waals surface area contributed by atoms with Crippen molar-refractivity contribution in [3.05, 3.63) is 62.5 Å². The summed E-state index contributed by atoms with van der Waals surface area (Å²) >= 11 is 0. The number of piperazine rings is 1. The Morgan fingerprint density at radius 1 is 1.09 bits per heavy atom. The number of hydrogen-bond donors (Lipinski definition) is 1. The number of nitrogens with zero attached hydrogens (tertiary/aromatic N) is 3. The molecule has 12 heteroatoms. The molecule has 35 heavy (non-hydrogen) atoms. The fourth-order valence-corrected chi connectivity index (χ4v) is 4.21. The molecule has 2 aliphatic rings. The Kier molecular flexibility index (Phi) is 11.7. The molecule has 0 aliphatic carbocycles. The maximum Gasteiger partial charge on any atom is 0.336 e. The molecule has 3 rings (SSSR count). The summed E-state index contributed by atoms with van der Waals surface area (Å²) in [5.41, 5.74) is 1.81. The Bertz CT molecular complexity index is 1010. The number of hydrogen-bond acceptors (Lipinski definition) is 9. The first-order valence-electron chi connectivity index (χ1n) is 10.8. The van der Waals surface area contributed by atoms with Gasteiger partial charge in [0.05, 0.1) is 29.1 Å². The third-order valence-corrected chi connectivity index (χ3v) is 6.04. The van der Waals surface area contributed by atoms with Crippen LogP contribution >= 0.6 is 24.8 Å². The van der Waals surface area contributed by atoms with Crippen molar-refractivity contribution in [3.63, 3.8) is 0 Å². The van der Waals surface area contributed by atoms with E-state index < -0.39 is 22.8 Å². The van der Waals surface area contributed by atoms with Gasteiger partial charge in [0, 0.05) is 56.3 Å². The van der Waals surface area contributed by atoms with E-state index in [0.717, 1.165) is 26.2 Å². The van der Waals surface area contributed by atoms with Gasteiger partial charge in [-0.15, -0.1) is 24.8 Å². The summed E-state index contributed by atoms with van der Waals surface area (Å²) in [4.78, 5) is 41.2. The lowest BCUT2D eigenvalue weighted by molar-refractivity contribution is -0.384. The molecule has 10 nitrogen and oxygen atoms in total. The molecule has 0 bridgehead atoms. The fraction of sp³-hybridized carbons (Fsp3) is 0.478. The van der Waals surface area contributed by atoms with Gasteiger partial charge in [-0.2, -0.15) is 0 Å². The number of carbonyl (C=O) groups excluding carboxylic acids is 2. The lowest BCUT2D eigenvalue weighted by atomic mass is 9.80. The van der Waals surface area contributed by atoms with Gasteiger partial charge in [0.2, 0.25) is 0 Å². The number of methoxy groups -OCH3 is 1. The number of rotatable bonds is 7. The van der Waals surface area contributed by atoms with Crippen LogP contribution in [0.1, 0.15) is 25.3 Å². The average Bonchev–Trinajstić information content (AvgIpc) is 2.79. The van der Waals surface area contributed by atoms with Crippen molar-refractivity contribution in [1.82, 2.24) is 15.1 Å². The summed E-state index contributed by atoms with van der Waals surface area (Å²) in [6.07, 6.45) is 0. The highest BCUT2D eigenvalue weighted by Gasteiger charge is 2.38. The normalized spacial score (nSPS) is 18.7. The minimum Gasteiger partial charge on any atom is -0.466 e. The Hall–Kier alpha value is -2.66. The van der Waals surface area contributed by atoms with Crippen LogP contribution in [0.15, 0.2) is 46.8 Å². The standard InChI is InChI=1S/C23H30N4O6.2ClH/c1-15-19(22(28)32-4)21(17-6-5-7-18(14-17)27(30)31)20(16(2)24-15)23(29)33-13-12-26-10-8-25(3)9-11-26;;/h5-7,14,21,24H,8-13H2,1-4H3;2*1H. The van der Waals surface area contributed by atoms with Crippen molar-refractivity contribution in [1.29, 1.82) is 0 Å². The van der Waals surface area contributed by atoms with Gasteiger partial charge in [-0.05, 0) is 26.5 Å². The second-order valence-corrected chi connectivity index (χ2v) is 8.26. The molecule has 0 spiro atoms. The number of allylic oxidation sites excluding steroid dienone is 2. The maximum atomic E-state index is 13.2. The van der Waals surface area contributed by atoms with Gasteiger partial charge in [-0.1, -0.05) is 12.1 Å². The van der Waals surface area contributed by atoms with Crippen LogP contribution in [0.25, 0.3) is 0 Å². The molecular formula is C23H32Cl2N4O6. The van der Waals surface area contributed by atoms with Gasteiger partial charge >= 0.3 is 11.9 Å². The van der Waals surface area contributed by atoms with E-state index in [1.165, 1.54) is 25.3 Å². The van der Waals surface area contributed by atoms with Crippen molar-refractivity contribution < 1.29 is 24.0 Å². The minimum absolute atomic E-state index is 0. The average molecular weight is 531 g/mol. The number of dihydropyridines is 1. The quantitative estimate of drug-likeness (QED) is 0.322. The summed E-state index contributed by atoms with van der Waals surface area (Å²) in [5, 5.41) is 14.4. The molecule has 1 N–H and O–H groups in total. The molecule has 0 aromatic heterocycles. The van der Waals surface area contributed by atoms with E-state index in [1.807, 2.05) is 0 Å².